The molecule has 2 heterocycles. The van der Waals surface area contributed by atoms with Crippen LogP contribution in [-0.2, 0) is 13.5 Å². The van der Waals surface area contributed by atoms with Gasteiger partial charge in [0.25, 0.3) is 0 Å². The number of nitrogens with zero attached hydrogens (tertiary/aromatic N) is 1. The summed E-state index contributed by atoms with van der Waals surface area (Å²) >= 11 is 0. The molecule has 96 valence electrons. The molecular formula is C17H18NO+. The second-order valence-electron chi connectivity index (χ2n) is 5.90. The van der Waals surface area contributed by atoms with Gasteiger partial charge in [-0.25, -0.2) is 4.57 Å². The molecule has 19 heavy (non-hydrogen) atoms. The lowest BCUT2D eigenvalue weighted by Crippen LogP contribution is -2.30. The number of benzene rings is 1. The highest BCUT2D eigenvalue weighted by Crippen LogP contribution is 2.53. The summed E-state index contributed by atoms with van der Waals surface area (Å²) in [5.41, 5.74) is 5.32. The van der Waals surface area contributed by atoms with E-state index in [-0.39, 0.29) is 5.60 Å². The largest absolute Gasteiger partial charge is 0.486 e. The smallest absolute Gasteiger partial charge is 0.216 e. The van der Waals surface area contributed by atoms with Crippen LogP contribution in [0.4, 0.5) is 0 Å². The lowest BCUT2D eigenvalue weighted by atomic mass is 9.98. The molecule has 0 N–H and O–H groups in total. The van der Waals surface area contributed by atoms with Crippen LogP contribution in [0.5, 0.6) is 5.75 Å². The molecule has 2 aromatic rings. The Morgan fingerprint density at radius 1 is 1.16 bits per heavy atom. The van der Waals surface area contributed by atoms with E-state index in [2.05, 4.69) is 55.1 Å². The molecule has 2 heteroatoms. The molecule has 1 aliphatic carbocycles. The molecule has 0 atom stereocenters. The van der Waals surface area contributed by atoms with Gasteiger partial charge in [-0.2, -0.15) is 0 Å². The highest BCUT2D eigenvalue weighted by atomic mass is 16.5. The number of hydrogen-bond donors (Lipinski definition) is 0. The van der Waals surface area contributed by atoms with Crippen molar-refractivity contribution in [2.75, 3.05) is 0 Å². The topological polar surface area (TPSA) is 13.1 Å². The highest BCUT2D eigenvalue weighted by Gasteiger charge is 2.51. The van der Waals surface area contributed by atoms with Crippen molar-refractivity contribution in [3.05, 3.63) is 47.7 Å². The van der Waals surface area contributed by atoms with Crippen LogP contribution in [0, 0.1) is 6.92 Å². The summed E-state index contributed by atoms with van der Waals surface area (Å²) in [5.74, 6) is 1.12. The maximum Gasteiger partial charge on any atom is 0.216 e. The number of aromatic nitrogens is 1. The number of aryl methyl sites for hydroxylation is 2. The monoisotopic (exact) mass is 252 g/mol. The molecule has 1 spiro atoms. The van der Waals surface area contributed by atoms with Gasteiger partial charge in [0, 0.05) is 18.6 Å². The van der Waals surface area contributed by atoms with Crippen LogP contribution in [0.2, 0.25) is 0 Å². The van der Waals surface area contributed by atoms with Gasteiger partial charge in [-0.05, 0) is 37.0 Å². The third-order valence-electron chi connectivity index (χ3n) is 4.40. The summed E-state index contributed by atoms with van der Waals surface area (Å²) in [6.45, 7) is 2.17. The van der Waals surface area contributed by atoms with Crippen LogP contribution >= 0.6 is 0 Å². The number of hydrogen-bond acceptors (Lipinski definition) is 1. The van der Waals surface area contributed by atoms with Gasteiger partial charge in [0.15, 0.2) is 6.20 Å². The van der Waals surface area contributed by atoms with Crippen LogP contribution in [0.15, 0.2) is 36.5 Å². The Morgan fingerprint density at radius 2 is 2.00 bits per heavy atom. The summed E-state index contributed by atoms with van der Waals surface area (Å²) in [7, 11) is 2.09. The van der Waals surface area contributed by atoms with E-state index in [1.807, 2.05) is 0 Å². The maximum absolute atomic E-state index is 6.31. The number of pyridine rings is 1. The molecule has 1 aliphatic heterocycles. The van der Waals surface area contributed by atoms with Crippen molar-refractivity contribution in [2.45, 2.75) is 31.8 Å². The summed E-state index contributed by atoms with van der Waals surface area (Å²) in [5, 5.41) is 0. The van der Waals surface area contributed by atoms with Gasteiger partial charge in [-0.15, -0.1) is 0 Å². The lowest BCUT2D eigenvalue weighted by molar-refractivity contribution is -0.660. The van der Waals surface area contributed by atoms with Crippen LogP contribution < -0.4 is 9.30 Å². The Morgan fingerprint density at radius 3 is 2.74 bits per heavy atom. The van der Waals surface area contributed by atoms with Gasteiger partial charge in [0.2, 0.25) is 5.69 Å². The summed E-state index contributed by atoms with van der Waals surface area (Å²) < 4.78 is 8.48. The predicted molar refractivity (Wildman–Crippen MR) is 74.1 cm³/mol. The average molecular weight is 252 g/mol. The molecule has 1 aromatic carbocycles. The van der Waals surface area contributed by atoms with E-state index in [1.54, 1.807) is 0 Å². The Balaban J connectivity index is 1.94. The zero-order chi connectivity index (χ0) is 13.0. The fourth-order valence-corrected chi connectivity index (χ4v) is 3.10. The summed E-state index contributed by atoms with van der Waals surface area (Å²) in [4.78, 5) is 0. The SMILES string of the molecule is Cc1ccc2c(c1-c1cccc[n+]1C)OC1(CC1)C2. The Bertz CT molecular complexity index is 671. The minimum Gasteiger partial charge on any atom is -0.486 e. The van der Waals surface area contributed by atoms with Gasteiger partial charge in [-0.3, -0.25) is 0 Å². The Kier molecular flexibility index (Phi) is 2.09. The van der Waals surface area contributed by atoms with E-state index in [0.29, 0.717) is 0 Å². The molecule has 2 nitrogen and oxygen atoms in total. The van der Waals surface area contributed by atoms with E-state index < -0.39 is 0 Å². The fourth-order valence-electron chi connectivity index (χ4n) is 3.10. The van der Waals surface area contributed by atoms with Crippen molar-refractivity contribution < 1.29 is 9.30 Å². The van der Waals surface area contributed by atoms with Gasteiger partial charge in [0.05, 0.1) is 5.56 Å². The zero-order valence-corrected chi connectivity index (χ0v) is 11.4. The van der Waals surface area contributed by atoms with Crippen molar-refractivity contribution in [3.63, 3.8) is 0 Å². The molecule has 0 unspecified atom stereocenters. The number of fused-ring (bicyclic) bond motifs is 1. The minimum absolute atomic E-state index is 0.151. The first-order valence-electron chi connectivity index (χ1n) is 6.95. The molecule has 2 aliphatic rings. The molecule has 0 saturated heterocycles. The predicted octanol–water partition coefficient (Wildman–Crippen LogP) is 2.95. The summed E-state index contributed by atoms with van der Waals surface area (Å²) in [6.07, 6.45) is 5.60. The van der Waals surface area contributed by atoms with E-state index >= 15 is 0 Å². The van der Waals surface area contributed by atoms with E-state index in [4.69, 9.17) is 4.74 Å². The first-order chi connectivity index (χ1) is 9.19. The Hall–Kier alpha value is -1.83. The zero-order valence-electron chi connectivity index (χ0n) is 11.4. The van der Waals surface area contributed by atoms with Crippen molar-refractivity contribution in [1.29, 1.82) is 0 Å². The molecule has 1 fully saturated rings. The van der Waals surface area contributed by atoms with Crippen molar-refractivity contribution in [2.24, 2.45) is 7.05 Å². The first-order valence-corrected chi connectivity index (χ1v) is 6.95. The number of ether oxygens (including phenoxy) is 1. The molecular weight excluding hydrogens is 234 g/mol. The van der Waals surface area contributed by atoms with Crippen LogP contribution in [0.25, 0.3) is 11.3 Å². The van der Waals surface area contributed by atoms with Gasteiger partial charge >= 0.3 is 0 Å². The first kappa shape index (κ1) is 11.0. The fraction of sp³-hybridized carbons (Fsp3) is 0.353. The maximum atomic E-state index is 6.31. The van der Waals surface area contributed by atoms with Gasteiger partial charge in [-0.1, -0.05) is 12.1 Å². The highest BCUT2D eigenvalue weighted by molar-refractivity contribution is 5.72. The normalized spacial score (nSPS) is 18.2. The molecule has 0 bridgehead atoms. The molecule has 4 rings (SSSR count). The minimum atomic E-state index is 0.151. The standard InChI is InChI=1S/C17H18NO/c1-12-6-7-13-11-17(8-9-17)19-16(13)15(12)14-5-3-4-10-18(14)2/h3-7,10H,8-9,11H2,1-2H3/q+1. The van der Waals surface area contributed by atoms with Crippen molar-refractivity contribution >= 4 is 0 Å². The lowest BCUT2D eigenvalue weighted by Gasteiger charge is -2.11. The van der Waals surface area contributed by atoms with Crippen LogP contribution in [0.1, 0.15) is 24.0 Å². The third-order valence-corrected chi connectivity index (χ3v) is 4.40. The molecule has 0 radical (unpaired) electrons. The van der Waals surface area contributed by atoms with Crippen molar-refractivity contribution in [1.82, 2.24) is 0 Å². The number of rotatable bonds is 1. The van der Waals surface area contributed by atoms with Crippen molar-refractivity contribution in [3.8, 4) is 17.0 Å². The third kappa shape index (κ3) is 1.59. The second kappa shape index (κ2) is 3.60. The Labute approximate surface area is 113 Å². The van der Waals surface area contributed by atoms with E-state index in [0.717, 1.165) is 12.2 Å². The molecule has 1 aromatic heterocycles. The van der Waals surface area contributed by atoms with Gasteiger partial charge in [0.1, 0.15) is 18.4 Å². The van der Waals surface area contributed by atoms with Crippen LogP contribution in [0.3, 0.4) is 0 Å². The van der Waals surface area contributed by atoms with Crippen LogP contribution in [-0.4, -0.2) is 5.60 Å². The van der Waals surface area contributed by atoms with E-state index in [9.17, 15) is 0 Å². The average Bonchev–Trinajstić information content (AvgIpc) is 3.02. The molecule has 0 amide bonds. The van der Waals surface area contributed by atoms with E-state index in [1.165, 1.54) is 35.2 Å². The van der Waals surface area contributed by atoms with Gasteiger partial charge < -0.3 is 4.74 Å². The molecule has 1 saturated carbocycles. The summed E-state index contributed by atoms with van der Waals surface area (Å²) in [6, 6.07) is 10.8. The quantitative estimate of drug-likeness (QED) is 0.711. The second-order valence-corrected chi connectivity index (χ2v) is 5.90.